The first kappa shape index (κ1) is 38.3. The smallest absolute Gasteiger partial charge is 0.306 e. The van der Waals surface area contributed by atoms with Gasteiger partial charge in [-0.1, -0.05) is 40.7 Å². The van der Waals surface area contributed by atoms with Gasteiger partial charge in [-0.15, -0.1) is 0 Å². The molecule has 12 heteroatoms. The molecule has 272 valence electrons. The zero-order chi connectivity index (χ0) is 35.7. The molecule has 1 N–H and O–H groups in total. The number of hydrogen-bond acceptors (Lipinski definition) is 11. The summed E-state index contributed by atoms with van der Waals surface area (Å²) in [5.41, 5.74) is -1.64. The molecule has 0 aromatic heterocycles. The lowest BCUT2D eigenvalue weighted by Crippen LogP contribution is -2.71. The van der Waals surface area contributed by atoms with Crippen molar-refractivity contribution in [3.8, 4) is 0 Å². The standard InChI is InChI=1S/C36H57NO11/c1-11-29(40)37-26-12-14-35(42-10,15-13-26)48-31(23(5)45-25(7)39)32-36(20-44-36)33(8,9)34(19-43-24(6)38)18-27(22(4)17-28(34)47-32)46-30(41)16-21(2)3/h17,21,23,26-28,31-32H,11-16,18-20H2,1-10H3,(H,37,40)/t23-,26?,27-,28+,31+,32+,34+,35?,36-/m0/s1. The predicted octanol–water partition coefficient (Wildman–Crippen LogP) is 4.55. The highest BCUT2D eigenvalue weighted by molar-refractivity contribution is 5.75. The van der Waals surface area contributed by atoms with Crippen molar-refractivity contribution in [1.29, 1.82) is 0 Å². The molecule has 4 aliphatic rings. The van der Waals surface area contributed by atoms with Crippen LogP contribution in [0.1, 0.15) is 107 Å². The molecular weight excluding hydrogens is 622 g/mol. The number of rotatable bonds is 13. The second-order valence-corrected chi connectivity index (χ2v) is 15.1. The third kappa shape index (κ3) is 7.61. The van der Waals surface area contributed by atoms with Gasteiger partial charge in [0.05, 0.1) is 12.7 Å². The minimum absolute atomic E-state index is 0.00264. The van der Waals surface area contributed by atoms with Crippen LogP contribution in [0.3, 0.4) is 0 Å². The van der Waals surface area contributed by atoms with E-state index in [1.54, 1.807) is 14.0 Å². The van der Waals surface area contributed by atoms with Crippen molar-refractivity contribution in [2.45, 2.75) is 155 Å². The van der Waals surface area contributed by atoms with E-state index in [1.165, 1.54) is 13.8 Å². The number of fused-ring (bicyclic) bond motifs is 1. The first-order chi connectivity index (χ1) is 22.4. The van der Waals surface area contributed by atoms with E-state index in [0.29, 0.717) is 51.6 Å². The molecule has 48 heavy (non-hydrogen) atoms. The minimum Gasteiger partial charge on any atom is -0.465 e. The highest BCUT2D eigenvalue weighted by Gasteiger charge is 2.77. The number of epoxide rings is 1. The molecule has 0 bridgehead atoms. The SMILES string of the molecule is CCC(=O)NC1CCC(OC)(O[C@H]([C@H](C)OC(C)=O)[C@H]2O[C@@H]3C=C(C)[C@@H](OC(=O)CC(C)C)C[C@]3(COC(C)=O)C(C)(C)[C@]23CO3)CC1. The molecule has 2 aliphatic heterocycles. The van der Waals surface area contributed by atoms with Crippen molar-refractivity contribution in [2.24, 2.45) is 16.7 Å². The second-order valence-electron chi connectivity index (χ2n) is 15.1. The maximum Gasteiger partial charge on any atom is 0.306 e. The molecule has 12 nitrogen and oxygen atoms in total. The number of carbonyl (C=O) groups excluding carboxylic acids is 4. The Balaban J connectivity index is 1.72. The van der Waals surface area contributed by atoms with E-state index in [-0.39, 0.29) is 30.4 Å². The summed E-state index contributed by atoms with van der Waals surface area (Å²) in [5, 5.41) is 3.08. The molecule has 0 radical (unpaired) electrons. The summed E-state index contributed by atoms with van der Waals surface area (Å²) in [5.74, 6) is -2.05. The summed E-state index contributed by atoms with van der Waals surface area (Å²) in [6.45, 7) is 16.7. The van der Waals surface area contributed by atoms with Crippen molar-refractivity contribution < 1.29 is 52.3 Å². The maximum absolute atomic E-state index is 12.9. The molecule has 3 fully saturated rings. The zero-order valence-corrected chi connectivity index (χ0v) is 30.5. The Hall–Kier alpha value is -2.54. The molecule has 2 heterocycles. The van der Waals surface area contributed by atoms with Gasteiger partial charge in [-0.05, 0) is 38.2 Å². The fraction of sp³-hybridized carbons (Fsp3) is 0.833. The van der Waals surface area contributed by atoms with Gasteiger partial charge in [0.15, 0.2) is 5.79 Å². The Kier molecular flexibility index (Phi) is 11.8. The fourth-order valence-electron chi connectivity index (χ4n) is 7.99. The van der Waals surface area contributed by atoms with Crippen molar-refractivity contribution >= 4 is 23.8 Å². The van der Waals surface area contributed by atoms with Gasteiger partial charge < -0.3 is 38.5 Å². The second kappa shape index (κ2) is 14.7. The van der Waals surface area contributed by atoms with Crippen LogP contribution < -0.4 is 5.32 Å². The Bertz CT molecular complexity index is 1230. The quantitative estimate of drug-likeness (QED) is 0.0961. The Morgan fingerprint density at radius 2 is 1.71 bits per heavy atom. The summed E-state index contributed by atoms with van der Waals surface area (Å²) in [6, 6.07) is 0.0106. The summed E-state index contributed by atoms with van der Waals surface area (Å²) >= 11 is 0. The average molecular weight is 680 g/mol. The van der Waals surface area contributed by atoms with Crippen molar-refractivity contribution in [3.05, 3.63) is 11.6 Å². The molecule has 0 aromatic carbocycles. The number of carbonyl (C=O) groups is 4. The number of ether oxygens (including phenoxy) is 7. The molecule has 2 saturated heterocycles. The molecule has 1 spiro atoms. The van der Waals surface area contributed by atoms with Crippen molar-refractivity contribution in [1.82, 2.24) is 5.32 Å². The summed E-state index contributed by atoms with van der Waals surface area (Å²) in [4.78, 5) is 49.5. The lowest BCUT2D eigenvalue weighted by molar-refractivity contribution is -0.326. The van der Waals surface area contributed by atoms with Gasteiger partial charge in [-0.2, -0.15) is 0 Å². The van der Waals surface area contributed by atoms with E-state index in [1.807, 2.05) is 33.8 Å². The van der Waals surface area contributed by atoms with E-state index in [9.17, 15) is 19.2 Å². The molecule has 0 aromatic rings. The first-order valence-electron chi connectivity index (χ1n) is 17.4. The third-order valence-corrected chi connectivity index (χ3v) is 11.2. The van der Waals surface area contributed by atoms with Gasteiger partial charge in [0, 0.05) is 69.9 Å². The lowest BCUT2D eigenvalue weighted by atomic mass is 9.50. The zero-order valence-electron chi connectivity index (χ0n) is 30.5. The van der Waals surface area contributed by atoms with Crippen LogP contribution in [-0.2, 0) is 52.3 Å². The van der Waals surface area contributed by atoms with Crippen LogP contribution >= 0.6 is 0 Å². The molecule has 7 atom stereocenters. The molecule has 1 amide bonds. The van der Waals surface area contributed by atoms with E-state index >= 15 is 0 Å². The topological polar surface area (TPSA) is 148 Å². The van der Waals surface area contributed by atoms with Crippen LogP contribution in [-0.4, -0.2) is 92.1 Å². The van der Waals surface area contributed by atoms with Gasteiger partial charge >= 0.3 is 17.9 Å². The van der Waals surface area contributed by atoms with Crippen LogP contribution in [0.25, 0.3) is 0 Å². The Labute approximate surface area is 285 Å². The third-order valence-electron chi connectivity index (χ3n) is 11.2. The van der Waals surface area contributed by atoms with E-state index < -0.39 is 64.7 Å². The molecule has 1 saturated carbocycles. The van der Waals surface area contributed by atoms with Crippen LogP contribution in [0.5, 0.6) is 0 Å². The van der Waals surface area contributed by atoms with Crippen molar-refractivity contribution in [2.75, 3.05) is 20.3 Å². The van der Waals surface area contributed by atoms with Crippen LogP contribution in [0, 0.1) is 16.7 Å². The van der Waals surface area contributed by atoms with Crippen molar-refractivity contribution in [3.63, 3.8) is 0 Å². The van der Waals surface area contributed by atoms with Crippen LogP contribution in [0.15, 0.2) is 11.6 Å². The number of methoxy groups -OCH3 is 1. The van der Waals surface area contributed by atoms with E-state index in [4.69, 9.17) is 33.2 Å². The summed E-state index contributed by atoms with van der Waals surface area (Å²) in [6.07, 6.45) is 1.97. The number of amides is 1. The number of hydrogen-bond donors (Lipinski definition) is 1. The molecule has 2 aliphatic carbocycles. The Morgan fingerprint density at radius 1 is 1.06 bits per heavy atom. The normalized spacial score (nSPS) is 35.1. The summed E-state index contributed by atoms with van der Waals surface area (Å²) in [7, 11) is 1.60. The molecule has 0 unspecified atom stereocenters. The molecular formula is C36H57NO11. The Morgan fingerprint density at radius 3 is 2.23 bits per heavy atom. The van der Waals surface area contributed by atoms with Gasteiger partial charge in [0.25, 0.3) is 0 Å². The first-order valence-corrected chi connectivity index (χ1v) is 17.4. The van der Waals surface area contributed by atoms with E-state index in [0.717, 1.165) is 5.57 Å². The predicted molar refractivity (Wildman–Crippen MR) is 174 cm³/mol. The summed E-state index contributed by atoms with van der Waals surface area (Å²) < 4.78 is 44.0. The number of nitrogens with one attached hydrogen (secondary N) is 1. The highest BCUT2D eigenvalue weighted by atomic mass is 16.7. The average Bonchev–Trinajstić information content (AvgIpc) is 3.81. The highest BCUT2D eigenvalue weighted by Crippen LogP contribution is 2.66. The fourth-order valence-corrected chi connectivity index (χ4v) is 7.99. The van der Waals surface area contributed by atoms with Crippen LogP contribution in [0.4, 0.5) is 0 Å². The van der Waals surface area contributed by atoms with Gasteiger partial charge in [0.1, 0.15) is 36.6 Å². The van der Waals surface area contributed by atoms with Gasteiger partial charge in [-0.3, -0.25) is 19.2 Å². The van der Waals surface area contributed by atoms with Gasteiger partial charge in [0.2, 0.25) is 5.91 Å². The van der Waals surface area contributed by atoms with Gasteiger partial charge in [-0.25, -0.2) is 0 Å². The molecule has 4 rings (SSSR count). The minimum atomic E-state index is -1.02. The monoisotopic (exact) mass is 679 g/mol. The van der Waals surface area contributed by atoms with E-state index in [2.05, 4.69) is 19.2 Å². The largest absolute Gasteiger partial charge is 0.465 e. The maximum atomic E-state index is 12.9. The lowest BCUT2D eigenvalue weighted by Gasteiger charge is -2.62. The van der Waals surface area contributed by atoms with Crippen LogP contribution in [0.2, 0.25) is 0 Å². The number of esters is 3.